The molecule has 0 radical (unpaired) electrons. The molecule has 0 atom stereocenters. The molecule has 2 N–H and O–H groups in total. The Morgan fingerprint density at radius 2 is 1.59 bits per heavy atom. The van der Waals surface area contributed by atoms with Gasteiger partial charge in [0.25, 0.3) is 5.91 Å². The summed E-state index contributed by atoms with van der Waals surface area (Å²) in [4.78, 5) is 12.1. The van der Waals surface area contributed by atoms with E-state index in [2.05, 4.69) is 17.5 Å². The van der Waals surface area contributed by atoms with E-state index in [1.165, 1.54) is 5.56 Å². The standard InChI is InChI=1S/C18H20N2O2/c1-3-13-5-7-15(8-6-13)18(22)20-19-17(4-2)14-9-11-16(21)12-10-14/h5-12,21H,3-4H2,1-2H3,(H,20,22)/b19-17+. The van der Waals surface area contributed by atoms with Crippen molar-refractivity contribution in [3.8, 4) is 5.75 Å². The Labute approximate surface area is 130 Å². The number of benzene rings is 2. The molecule has 0 saturated heterocycles. The van der Waals surface area contributed by atoms with Crippen LogP contribution in [0, 0.1) is 0 Å². The molecule has 0 unspecified atom stereocenters. The molecule has 0 spiro atoms. The number of carbonyl (C=O) groups excluding carboxylic acids is 1. The Morgan fingerprint density at radius 3 is 2.14 bits per heavy atom. The van der Waals surface area contributed by atoms with E-state index in [-0.39, 0.29) is 11.7 Å². The van der Waals surface area contributed by atoms with Crippen LogP contribution in [-0.2, 0) is 6.42 Å². The topological polar surface area (TPSA) is 61.7 Å². The molecule has 0 fully saturated rings. The highest BCUT2D eigenvalue weighted by atomic mass is 16.3. The molecule has 0 saturated carbocycles. The fraction of sp³-hybridized carbons (Fsp3) is 0.222. The van der Waals surface area contributed by atoms with Crippen molar-refractivity contribution in [3.63, 3.8) is 0 Å². The van der Waals surface area contributed by atoms with Crippen molar-refractivity contribution < 1.29 is 9.90 Å². The van der Waals surface area contributed by atoms with Crippen molar-refractivity contribution in [2.45, 2.75) is 26.7 Å². The van der Waals surface area contributed by atoms with E-state index < -0.39 is 0 Å². The minimum Gasteiger partial charge on any atom is -0.508 e. The molecule has 0 aliphatic carbocycles. The van der Waals surface area contributed by atoms with E-state index in [1.54, 1.807) is 36.4 Å². The van der Waals surface area contributed by atoms with Gasteiger partial charge in [0.05, 0.1) is 5.71 Å². The summed E-state index contributed by atoms with van der Waals surface area (Å²) < 4.78 is 0. The Balaban J connectivity index is 2.10. The Kier molecular flexibility index (Phi) is 5.31. The Morgan fingerprint density at radius 1 is 1.00 bits per heavy atom. The third-order valence-electron chi connectivity index (χ3n) is 3.45. The van der Waals surface area contributed by atoms with Crippen LogP contribution in [-0.4, -0.2) is 16.7 Å². The lowest BCUT2D eigenvalue weighted by atomic mass is 10.1. The van der Waals surface area contributed by atoms with Gasteiger partial charge in [0.1, 0.15) is 5.75 Å². The van der Waals surface area contributed by atoms with Gasteiger partial charge in [0.2, 0.25) is 0 Å². The van der Waals surface area contributed by atoms with Crippen LogP contribution >= 0.6 is 0 Å². The maximum atomic E-state index is 12.1. The van der Waals surface area contributed by atoms with E-state index in [1.807, 2.05) is 19.1 Å². The number of amides is 1. The molecule has 22 heavy (non-hydrogen) atoms. The second-order valence-electron chi connectivity index (χ2n) is 4.95. The highest BCUT2D eigenvalue weighted by Crippen LogP contribution is 2.12. The number of hydrazone groups is 1. The molecule has 1 amide bonds. The molecule has 0 heterocycles. The summed E-state index contributed by atoms with van der Waals surface area (Å²) in [6.45, 7) is 4.04. The first-order chi connectivity index (χ1) is 10.6. The maximum Gasteiger partial charge on any atom is 0.271 e. The molecular weight excluding hydrogens is 276 g/mol. The molecule has 4 heteroatoms. The van der Waals surface area contributed by atoms with Gasteiger partial charge in [0.15, 0.2) is 0 Å². The number of hydrogen-bond acceptors (Lipinski definition) is 3. The van der Waals surface area contributed by atoms with Crippen LogP contribution in [0.5, 0.6) is 5.75 Å². The number of phenols is 1. The molecule has 114 valence electrons. The zero-order valence-corrected chi connectivity index (χ0v) is 12.8. The lowest BCUT2D eigenvalue weighted by molar-refractivity contribution is 0.0955. The maximum absolute atomic E-state index is 12.1. The minimum atomic E-state index is -0.229. The van der Waals surface area contributed by atoms with E-state index in [4.69, 9.17) is 0 Å². The highest BCUT2D eigenvalue weighted by molar-refractivity contribution is 6.02. The molecule has 0 aliphatic rings. The Hall–Kier alpha value is -2.62. The summed E-state index contributed by atoms with van der Waals surface area (Å²) >= 11 is 0. The lowest BCUT2D eigenvalue weighted by Gasteiger charge is -2.06. The predicted octanol–water partition coefficient (Wildman–Crippen LogP) is 3.50. The first-order valence-electron chi connectivity index (χ1n) is 7.39. The first kappa shape index (κ1) is 15.8. The van der Waals surface area contributed by atoms with Crippen LogP contribution in [0.4, 0.5) is 0 Å². The number of aryl methyl sites for hydroxylation is 1. The van der Waals surface area contributed by atoms with Gasteiger partial charge in [-0.25, -0.2) is 5.43 Å². The summed E-state index contributed by atoms with van der Waals surface area (Å²) in [5, 5.41) is 13.5. The van der Waals surface area contributed by atoms with Crippen LogP contribution in [0.2, 0.25) is 0 Å². The van der Waals surface area contributed by atoms with Gasteiger partial charge in [-0.1, -0.05) is 26.0 Å². The van der Waals surface area contributed by atoms with Gasteiger partial charge in [-0.2, -0.15) is 5.10 Å². The molecule has 4 nitrogen and oxygen atoms in total. The molecule has 2 aromatic carbocycles. The summed E-state index contributed by atoms with van der Waals surface area (Å²) in [6.07, 6.45) is 1.63. The summed E-state index contributed by atoms with van der Waals surface area (Å²) in [6, 6.07) is 14.3. The van der Waals surface area contributed by atoms with Crippen molar-refractivity contribution in [1.82, 2.24) is 5.43 Å². The smallest absolute Gasteiger partial charge is 0.271 e. The third kappa shape index (κ3) is 3.95. The van der Waals surface area contributed by atoms with Crippen LogP contribution < -0.4 is 5.43 Å². The number of phenolic OH excluding ortho intramolecular Hbond substituents is 1. The summed E-state index contributed by atoms with van der Waals surface area (Å²) in [5.41, 5.74) is 6.00. The molecular formula is C18H20N2O2. The van der Waals surface area contributed by atoms with Crippen LogP contribution in [0.15, 0.2) is 53.6 Å². The predicted molar refractivity (Wildman–Crippen MR) is 88.2 cm³/mol. The fourth-order valence-electron chi connectivity index (χ4n) is 2.08. The lowest BCUT2D eigenvalue weighted by Crippen LogP contribution is -2.20. The molecule has 0 aliphatic heterocycles. The van der Waals surface area contributed by atoms with Crippen molar-refractivity contribution in [2.75, 3.05) is 0 Å². The van der Waals surface area contributed by atoms with Gasteiger partial charge in [0, 0.05) is 5.56 Å². The highest BCUT2D eigenvalue weighted by Gasteiger charge is 2.06. The number of rotatable bonds is 5. The monoisotopic (exact) mass is 296 g/mol. The van der Waals surface area contributed by atoms with Crippen molar-refractivity contribution in [3.05, 3.63) is 65.2 Å². The molecule has 0 bridgehead atoms. The van der Waals surface area contributed by atoms with Crippen LogP contribution in [0.1, 0.15) is 41.8 Å². The molecule has 0 aromatic heterocycles. The normalized spacial score (nSPS) is 11.3. The van der Waals surface area contributed by atoms with Crippen molar-refractivity contribution >= 4 is 11.6 Å². The summed E-state index contributed by atoms with van der Waals surface area (Å²) in [7, 11) is 0. The first-order valence-corrected chi connectivity index (χ1v) is 7.39. The number of nitrogens with zero attached hydrogens (tertiary/aromatic N) is 1. The van der Waals surface area contributed by atoms with E-state index in [0.717, 1.165) is 17.7 Å². The van der Waals surface area contributed by atoms with Crippen molar-refractivity contribution in [2.24, 2.45) is 5.10 Å². The van der Waals surface area contributed by atoms with Gasteiger partial charge in [-0.3, -0.25) is 4.79 Å². The third-order valence-corrected chi connectivity index (χ3v) is 3.45. The SMILES string of the molecule is CC/C(=N\NC(=O)c1ccc(CC)cc1)c1ccc(O)cc1. The number of hydrogen-bond donors (Lipinski definition) is 2. The van der Waals surface area contributed by atoms with Gasteiger partial charge in [-0.05, 0) is 60.4 Å². The molecule has 2 rings (SSSR count). The van der Waals surface area contributed by atoms with Crippen molar-refractivity contribution in [1.29, 1.82) is 0 Å². The quantitative estimate of drug-likeness (QED) is 0.655. The number of aromatic hydroxyl groups is 1. The minimum absolute atomic E-state index is 0.208. The zero-order chi connectivity index (χ0) is 15.9. The average molecular weight is 296 g/mol. The van der Waals surface area contributed by atoms with Crippen LogP contribution in [0.3, 0.4) is 0 Å². The second-order valence-corrected chi connectivity index (χ2v) is 4.95. The largest absolute Gasteiger partial charge is 0.508 e. The Bertz CT molecular complexity index is 658. The molecule has 2 aromatic rings. The van der Waals surface area contributed by atoms with E-state index >= 15 is 0 Å². The van der Waals surface area contributed by atoms with Crippen LogP contribution in [0.25, 0.3) is 0 Å². The summed E-state index contributed by atoms with van der Waals surface area (Å²) in [5.74, 6) is -0.0216. The van der Waals surface area contributed by atoms with Gasteiger partial charge in [-0.15, -0.1) is 0 Å². The van der Waals surface area contributed by atoms with E-state index in [0.29, 0.717) is 12.0 Å². The average Bonchev–Trinajstić information content (AvgIpc) is 2.56. The zero-order valence-electron chi connectivity index (χ0n) is 12.8. The van der Waals surface area contributed by atoms with Gasteiger partial charge < -0.3 is 5.11 Å². The number of nitrogens with one attached hydrogen (secondary N) is 1. The fourth-order valence-corrected chi connectivity index (χ4v) is 2.08. The number of carbonyl (C=O) groups is 1. The second kappa shape index (κ2) is 7.41. The van der Waals surface area contributed by atoms with E-state index in [9.17, 15) is 9.90 Å². The van der Waals surface area contributed by atoms with Gasteiger partial charge >= 0.3 is 0 Å².